The number of carbonyl (C=O) groups is 2. The van der Waals surface area contributed by atoms with Crippen LogP contribution in [0.3, 0.4) is 0 Å². The highest BCUT2D eigenvalue weighted by molar-refractivity contribution is 6.33. The lowest BCUT2D eigenvalue weighted by atomic mass is 10.1. The lowest BCUT2D eigenvalue weighted by molar-refractivity contribution is -0.142. The largest absolute Gasteiger partial charge is 0.467 e. The number of aromatic nitrogens is 2. The van der Waals surface area contributed by atoms with Crippen LogP contribution < -0.4 is 10.2 Å². The highest BCUT2D eigenvalue weighted by atomic mass is 35.5. The van der Waals surface area contributed by atoms with Crippen LogP contribution in [0.1, 0.15) is 28.9 Å². The van der Waals surface area contributed by atoms with Gasteiger partial charge in [-0.3, -0.25) is 4.79 Å². The van der Waals surface area contributed by atoms with Gasteiger partial charge in [0.05, 0.1) is 18.3 Å². The van der Waals surface area contributed by atoms with E-state index >= 15 is 0 Å². The summed E-state index contributed by atoms with van der Waals surface area (Å²) in [6.45, 7) is 1.70. The third kappa shape index (κ3) is 4.74. The van der Waals surface area contributed by atoms with E-state index in [4.69, 9.17) is 16.3 Å². The second kappa shape index (κ2) is 8.81. The van der Waals surface area contributed by atoms with Crippen LogP contribution in [-0.2, 0) is 16.0 Å². The number of rotatable bonds is 6. The first-order valence-corrected chi connectivity index (χ1v) is 9.16. The molecule has 1 N–H and O–H groups in total. The van der Waals surface area contributed by atoms with E-state index in [9.17, 15) is 9.59 Å². The lowest BCUT2D eigenvalue weighted by Crippen LogP contribution is -2.43. The van der Waals surface area contributed by atoms with Crippen LogP contribution in [-0.4, -0.2) is 48.1 Å². The molecule has 0 spiro atoms. The summed E-state index contributed by atoms with van der Waals surface area (Å²) < 4.78 is 4.83. The minimum absolute atomic E-state index is 0.0514. The van der Waals surface area contributed by atoms with Gasteiger partial charge in [0, 0.05) is 19.5 Å². The number of nitrogens with zero attached hydrogens (tertiary/aromatic N) is 3. The fraction of sp³-hybridized carbons (Fsp3) is 0.368. The second-order valence-corrected chi connectivity index (χ2v) is 6.71. The Hall–Kier alpha value is -2.67. The maximum atomic E-state index is 12.7. The zero-order valence-electron chi connectivity index (χ0n) is 15.0. The van der Waals surface area contributed by atoms with Crippen molar-refractivity contribution in [3.05, 3.63) is 52.8 Å². The molecule has 1 saturated heterocycles. The van der Waals surface area contributed by atoms with E-state index in [0.29, 0.717) is 12.4 Å². The van der Waals surface area contributed by atoms with Crippen molar-refractivity contribution in [2.24, 2.45) is 0 Å². The van der Waals surface area contributed by atoms with Gasteiger partial charge in [0.2, 0.25) is 5.95 Å². The van der Waals surface area contributed by atoms with Crippen LogP contribution in [0.15, 0.2) is 36.5 Å². The molecule has 1 aliphatic rings. The Morgan fingerprint density at radius 1 is 1.26 bits per heavy atom. The molecule has 0 radical (unpaired) electrons. The number of nitrogens with one attached hydrogen (secondary N) is 1. The first-order chi connectivity index (χ1) is 13.1. The number of anilines is 1. The van der Waals surface area contributed by atoms with E-state index in [-0.39, 0.29) is 10.7 Å². The molecule has 142 valence electrons. The lowest BCUT2D eigenvalue weighted by Gasteiger charge is -2.18. The molecule has 1 fully saturated rings. The van der Waals surface area contributed by atoms with Crippen LogP contribution in [0.2, 0.25) is 5.02 Å². The molecule has 1 aromatic heterocycles. The Labute approximate surface area is 162 Å². The van der Waals surface area contributed by atoms with E-state index in [1.165, 1.54) is 13.3 Å². The molecule has 3 rings (SSSR count). The normalized spacial score (nSPS) is 14.7. The monoisotopic (exact) mass is 388 g/mol. The number of hydrogen-bond acceptors (Lipinski definition) is 6. The fourth-order valence-corrected chi connectivity index (χ4v) is 3.18. The van der Waals surface area contributed by atoms with Crippen LogP contribution in [0, 0.1) is 0 Å². The van der Waals surface area contributed by atoms with Gasteiger partial charge in [0.15, 0.2) is 5.69 Å². The van der Waals surface area contributed by atoms with Crippen LogP contribution in [0.5, 0.6) is 0 Å². The summed E-state index contributed by atoms with van der Waals surface area (Å²) in [5.74, 6) is -0.592. The Kier molecular flexibility index (Phi) is 6.24. The predicted octanol–water partition coefficient (Wildman–Crippen LogP) is 2.24. The van der Waals surface area contributed by atoms with Crippen molar-refractivity contribution in [2.45, 2.75) is 25.3 Å². The zero-order chi connectivity index (χ0) is 19.2. The number of carbonyl (C=O) groups excluding carboxylic acids is 2. The highest BCUT2D eigenvalue weighted by Gasteiger charge is 2.25. The van der Waals surface area contributed by atoms with Crippen molar-refractivity contribution in [1.82, 2.24) is 15.3 Å². The zero-order valence-corrected chi connectivity index (χ0v) is 15.8. The minimum atomic E-state index is -0.842. The Bertz CT molecular complexity index is 810. The standard InChI is InChI=1S/C19H21ClN4O3/c1-27-18(26)15(11-13-7-3-2-4-8-13)22-17(25)16-14(20)12-21-19(23-16)24-9-5-6-10-24/h2-4,7-8,12,15H,5-6,9-11H2,1H3,(H,22,25)/t15-/m0/s1. The molecule has 0 unspecified atom stereocenters. The molecule has 2 heterocycles. The maximum absolute atomic E-state index is 12.7. The summed E-state index contributed by atoms with van der Waals surface area (Å²) >= 11 is 6.13. The van der Waals surface area contributed by atoms with Gasteiger partial charge >= 0.3 is 5.97 Å². The predicted molar refractivity (Wildman–Crippen MR) is 102 cm³/mol. The van der Waals surface area contributed by atoms with E-state index in [2.05, 4.69) is 15.3 Å². The average Bonchev–Trinajstić information content (AvgIpc) is 3.22. The average molecular weight is 389 g/mol. The number of esters is 1. The van der Waals surface area contributed by atoms with Gasteiger partial charge in [-0.05, 0) is 18.4 Å². The van der Waals surface area contributed by atoms with Crippen molar-refractivity contribution >= 4 is 29.4 Å². The Morgan fingerprint density at radius 3 is 2.63 bits per heavy atom. The molecule has 27 heavy (non-hydrogen) atoms. The van der Waals surface area contributed by atoms with E-state index in [1.807, 2.05) is 35.2 Å². The molecule has 2 aromatic rings. The van der Waals surface area contributed by atoms with Gasteiger partial charge in [-0.25, -0.2) is 14.8 Å². The molecule has 0 aliphatic carbocycles. The topological polar surface area (TPSA) is 84.4 Å². The van der Waals surface area contributed by atoms with E-state index in [1.54, 1.807) is 0 Å². The SMILES string of the molecule is COC(=O)[C@H](Cc1ccccc1)NC(=O)c1nc(N2CCCC2)ncc1Cl. The molecule has 8 heteroatoms. The highest BCUT2D eigenvalue weighted by Crippen LogP contribution is 2.20. The van der Waals surface area contributed by atoms with E-state index in [0.717, 1.165) is 31.5 Å². The number of halogens is 1. The first-order valence-electron chi connectivity index (χ1n) is 8.78. The quantitative estimate of drug-likeness (QED) is 0.764. The van der Waals surface area contributed by atoms with Crippen molar-refractivity contribution in [2.75, 3.05) is 25.1 Å². The van der Waals surface area contributed by atoms with Gasteiger partial charge in [0.1, 0.15) is 6.04 Å². The smallest absolute Gasteiger partial charge is 0.328 e. The molecule has 1 aliphatic heterocycles. The van der Waals surface area contributed by atoms with Crippen LogP contribution in [0.4, 0.5) is 5.95 Å². The molecule has 1 aromatic carbocycles. The summed E-state index contributed by atoms with van der Waals surface area (Å²) in [5.41, 5.74) is 0.954. The molecule has 1 amide bonds. The summed E-state index contributed by atoms with van der Waals surface area (Å²) in [6.07, 6.45) is 3.85. The van der Waals surface area contributed by atoms with Crippen molar-refractivity contribution in [3.63, 3.8) is 0 Å². The third-order valence-corrected chi connectivity index (χ3v) is 4.69. The third-order valence-electron chi connectivity index (χ3n) is 4.41. The van der Waals surface area contributed by atoms with Crippen LogP contribution in [0.25, 0.3) is 0 Å². The molecule has 0 saturated carbocycles. The van der Waals surface area contributed by atoms with Gasteiger partial charge in [-0.15, -0.1) is 0 Å². The summed E-state index contributed by atoms with van der Waals surface area (Å²) in [4.78, 5) is 35.4. The van der Waals surface area contributed by atoms with Gasteiger partial charge in [0.25, 0.3) is 5.91 Å². The number of hydrogen-bond donors (Lipinski definition) is 1. The molecule has 7 nitrogen and oxygen atoms in total. The second-order valence-electron chi connectivity index (χ2n) is 6.30. The fourth-order valence-electron chi connectivity index (χ4n) is 3.00. The van der Waals surface area contributed by atoms with Gasteiger partial charge in [-0.2, -0.15) is 0 Å². The minimum Gasteiger partial charge on any atom is -0.467 e. The summed E-state index contributed by atoms with van der Waals surface area (Å²) in [6, 6.07) is 8.54. The van der Waals surface area contributed by atoms with Crippen molar-refractivity contribution in [1.29, 1.82) is 0 Å². The molecular weight excluding hydrogens is 368 g/mol. The number of benzene rings is 1. The maximum Gasteiger partial charge on any atom is 0.328 e. The number of methoxy groups -OCH3 is 1. The summed E-state index contributed by atoms with van der Waals surface area (Å²) in [7, 11) is 1.29. The van der Waals surface area contributed by atoms with E-state index < -0.39 is 17.9 Å². The van der Waals surface area contributed by atoms with Gasteiger partial charge < -0.3 is 15.0 Å². The Morgan fingerprint density at radius 2 is 1.96 bits per heavy atom. The first kappa shape index (κ1) is 19.1. The van der Waals surface area contributed by atoms with Crippen molar-refractivity contribution < 1.29 is 14.3 Å². The molecule has 1 atom stereocenters. The summed E-state index contributed by atoms with van der Waals surface area (Å²) in [5, 5.41) is 2.82. The van der Waals surface area contributed by atoms with Gasteiger partial charge in [-0.1, -0.05) is 41.9 Å². The molecule has 0 bridgehead atoms. The molecular formula is C19H21ClN4O3. The number of amides is 1. The Balaban J connectivity index is 1.78. The van der Waals surface area contributed by atoms with Crippen molar-refractivity contribution in [3.8, 4) is 0 Å². The number of ether oxygens (including phenoxy) is 1. The van der Waals surface area contributed by atoms with Crippen LogP contribution >= 0.6 is 11.6 Å².